The van der Waals surface area contributed by atoms with E-state index in [1.165, 1.54) is 0 Å². The fraction of sp³-hybridized carbons (Fsp3) is 0.857. The molecule has 2 atom stereocenters. The van der Waals surface area contributed by atoms with E-state index in [0.29, 0.717) is 0 Å². The third-order valence-corrected chi connectivity index (χ3v) is 4.09. The first-order valence-electron chi connectivity index (χ1n) is 6.83. The summed E-state index contributed by atoms with van der Waals surface area (Å²) in [6.07, 6.45) is 2.89. The molecule has 0 aliphatic heterocycles. The van der Waals surface area contributed by atoms with Crippen molar-refractivity contribution < 1.29 is 14.7 Å². The molecule has 0 fully saturated rings. The van der Waals surface area contributed by atoms with Crippen molar-refractivity contribution in [3.63, 3.8) is 0 Å². The average molecular weight is 304 g/mol. The molecule has 5 nitrogen and oxygen atoms in total. The molecule has 2 unspecified atom stereocenters. The summed E-state index contributed by atoms with van der Waals surface area (Å²) in [5, 5.41) is 11.8. The molecular formula is C14H28N2O3S. The predicted molar refractivity (Wildman–Crippen MR) is 84.3 cm³/mol. The Morgan fingerprint density at radius 2 is 1.90 bits per heavy atom. The van der Waals surface area contributed by atoms with Crippen LogP contribution in [0.5, 0.6) is 0 Å². The lowest BCUT2D eigenvalue weighted by Gasteiger charge is -2.33. The maximum absolute atomic E-state index is 12.2. The van der Waals surface area contributed by atoms with Gasteiger partial charge in [0.2, 0.25) is 0 Å². The number of hydrogen-bond donors (Lipinski definition) is 2. The number of carboxylic acids is 1. The molecule has 0 rings (SSSR count). The van der Waals surface area contributed by atoms with E-state index in [9.17, 15) is 9.59 Å². The Bertz CT molecular complexity index is 329. The van der Waals surface area contributed by atoms with Crippen molar-refractivity contribution in [3.05, 3.63) is 0 Å². The van der Waals surface area contributed by atoms with E-state index in [2.05, 4.69) is 5.32 Å². The lowest BCUT2D eigenvalue weighted by molar-refractivity contribution is -0.138. The van der Waals surface area contributed by atoms with E-state index < -0.39 is 5.97 Å². The zero-order valence-corrected chi connectivity index (χ0v) is 14.2. The van der Waals surface area contributed by atoms with Gasteiger partial charge in [-0.15, -0.1) is 0 Å². The van der Waals surface area contributed by atoms with Gasteiger partial charge in [-0.05, 0) is 30.8 Å². The molecule has 2 amide bonds. The van der Waals surface area contributed by atoms with Crippen LogP contribution in [0.2, 0.25) is 0 Å². The van der Waals surface area contributed by atoms with Gasteiger partial charge in [-0.25, -0.2) is 4.79 Å². The summed E-state index contributed by atoms with van der Waals surface area (Å²) in [6, 6.07) is -0.463. The van der Waals surface area contributed by atoms with Gasteiger partial charge in [0, 0.05) is 19.1 Å². The Hall–Kier alpha value is -0.910. The number of carboxylic acid groups (broad SMARTS) is 1. The van der Waals surface area contributed by atoms with Crippen LogP contribution in [0.25, 0.3) is 0 Å². The highest BCUT2D eigenvalue weighted by molar-refractivity contribution is 7.98. The molecular weight excluding hydrogens is 276 g/mol. The van der Waals surface area contributed by atoms with Gasteiger partial charge in [0.1, 0.15) is 0 Å². The third kappa shape index (κ3) is 7.03. The van der Waals surface area contributed by atoms with Gasteiger partial charge in [0.15, 0.2) is 0 Å². The zero-order chi connectivity index (χ0) is 15.9. The molecule has 6 heteroatoms. The summed E-state index contributed by atoms with van der Waals surface area (Å²) in [7, 11) is 1.75. The lowest BCUT2D eigenvalue weighted by atomic mass is 9.85. The van der Waals surface area contributed by atoms with Gasteiger partial charge in [0.25, 0.3) is 0 Å². The summed E-state index contributed by atoms with van der Waals surface area (Å²) in [5.41, 5.74) is -0.294. The van der Waals surface area contributed by atoms with Gasteiger partial charge in [-0.1, -0.05) is 20.8 Å². The highest BCUT2D eigenvalue weighted by atomic mass is 32.2. The summed E-state index contributed by atoms with van der Waals surface area (Å²) in [6.45, 7) is 7.78. The maximum atomic E-state index is 12.2. The molecule has 0 aromatic heterocycles. The second kappa shape index (κ2) is 8.39. The molecule has 0 aromatic rings. The van der Waals surface area contributed by atoms with Crippen LogP contribution in [0.3, 0.4) is 0 Å². The number of rotatable bonds is 7. The van der Waals surface area contributed by atoms with Crippen LogP contribution in [0.1, 0.15) is 40.5 Å². The SMILES string of the molecule is CSCCC(C)N(C)C(=O)NC(CC(=O)O)C(C)(C)C. The van der Waals surface area contributed by atoms with E-state index in [1.807, 2.05) is 34.0 Å². The fourth-order valence-electron chi connectivity index (χ4n) is 1.68. The molecule has 2 N–H and O–H groups in total. The van der Waals surface area contributed by atoms with Crippen LogP contribution in [-0.2, 0) is 4.79 Å². The number of urea groups is 1. The lowest BCUT2D eigenvalue weighted by Crippen LogP contribution is -2.51. The van der Waals surface area contributed by atoms with Crippen LogP contribution in [0.4, 0.5) is 4.79 Å². The average Bonchev–Trinajstić information content (AvgIpc) is 2.32. The number of amides is 2. The van der Waals surface area contributed by atoms with Crippen molar-refractivity contribution in [2.75, 3.05) is 19.1 Å². The number of thioether (sulfide) groups is 1. The highest BCUT2D eigenvalue weighted by Crippen LogP contribution is 2.22. The van der Waals surface area contributed by atoms with Crippen LogP contribution in [0.15, 0.2) is 0 Å². The van der Waals surface area contributed by atoms with Crippen LogP contribution in [-0.4, -0.2) is 53.1 Å². The first-order chi connectivity index (χ1) is 9.09. The summed E-state index contributed by atoms with van der Waals surface area (Å²) in [4.78, 5) is 24.8. The molecule has 0 bridgehead atoms. The third-order valence-electron chi connectivity index (χ3n) is 3.44. The second-order valence-corrected chi connectivity index (χ2v) is 7.19. The summed E-state index contributed by atoms with van der Waals surface area (Å²) < 4.78 is 0. The smallest absolute Gasteiger partial charge is 0.317 e. The van der Waals surface area contributed by atoms with Gasteiger partial charge in [-0.2, -0.15) is 11.8 Å². The minimum Gasteiger partial charge on any atom is -0.481 e. The number of carbonyl (C=O) groups is 2. The van der Waals surface area contributed by atoms with Crippen molar-refractivity contribution in [1.82, 2.24) is 10.2 Å². The van der Waals surface area contributed by atoms with Crippen molar-refractivity contribution in [2.45, 2.75) is 52.6 Å². The van der Waals surface area contributed by atoms with Gasteiger partial charge < -0.3 is 15.3 Å². The summed E-state index contributed by atoms with van der Waals surface area (Å²) >= 11 is 1.75. The Morgan fingerprint density at radius 3 is 2.30 bits per heavy atom. The largest absolute Gasteiger partial charge is 0.481 e. The van der Waals surface area contributed by atoms with Crippen molar-refractivity contribution >= 4 is 23.8 Å². The number of nitrogens with one attached hydrogen (secondary N) is 1. The molecule has 118 valence electrons. The normalized spacial score (nSPS) is 14.5. The quantitative estimate of drug-likeness (QED) is 0.758. The van der Waals surface area contributed by atoms with Gasteiger partial charge >= 0.3 is 12.0 Å². The maximum Gasteiger partial charge on any atom is 0.317 e. The van der Waals surface area contributed by atoms with E-state index in [4.69, 9.17) is 5.11 Å². The molecule has 0 aliphatic rings. The van der Waals surface area contributed by atoms with Crippen molar-refractivity contribution in [3.8, 4) is 0 Å². The monoisotopic (exact) mass is 304 g/mol. The van der Waals surface area contributed by atoms with Gasteiger partial charge in [0.05, 0.1) is 6.42 Å². The number of aliphatic carboxylic acids is 1. The summed E-state index contributed by atoms with van der Waals surface area (Å²) in [5.74, 6) is 0.0969. The molecule has 0 saturated carbocycles. The minimum absolute atomic E-state index is 0.0672. The van der Waals surface area contributed by atoms with Crippen LogP contribution in [0, 0.1) is 5.41 Å². The Labute approximate surface area is 126 Å². The molecule has 20 heavy (non-hydrogen) atoms. The number of nitrogens with zero attached hydrogens (tertiary/aromatic N) is 1. The number of hydrogen-bond acceptors (Lipinski definition) is 3. The predicted octanol–water partition coefficient (Wildman–Crippen LogP) is 2.66. The minimum atomic E-state index is -0.900. The fourth-order valence-corrected chi connectivity index (χ4v) is 2.26. The highest BCUT2D eigenvalue weighted by Gasteiger charge is 2.30. The Kier molecular flexibility index (Phi) is 8.01. The second-order valence-electron chi connectivity index (χ2n) is 6.21. The Morgan fingerprint density at radius 1 is 1.35 bits per heavy atom. The molecule has 0 radical (unpaired) electrons. The first kappa shape index (κ1) is 19.1. The van der Waals surface area contributed by atoms with E-state index >= 15 is 0 Å². The van der Waals surface area contributed by atoms with Gasteiger partial charge in [-0.3, -0.25) is 4.79 Å². The van der Waals surface area contributed by atoms with Crippen molar-refractivity contribution in [2.24, 2.45) is 5.41 Å². The molecule has 0 saturated heterocycles. The molecule has 0 aliphatic carbocycles. The molecule has 0 spiro atoms. The number of carbonyl (C=O) groups excluding carboxylic acids is 1. The van der Waals surface area contributed by atoms with E-state index in [0.717, 1.165) is 12.2 Å². The Balaban J connectivity index is 4.62. The topological polar surface area (TPSA) is 69.6 Å². The molecule has 0 heterocycles. The van der Waals surface area contributed by atoms with Crippen LogP contribution >= 0.6 is 11.8 Å². The van der Waals surface area contributed by atoms with Crippen molar-refractivity contribution in [1.29, 1.82) is 0 Å². The standard InChI is InChI=1S/C14H28N2O3S/c1-10(7-8-20-6)16(5)13(19)15-11(9-12(17)18)14(2,3)4/h10-11H,7-9H2,1-6H3,(H,15,19)(H,17,18). The zero-order valence-electron chi connectivity index (χ0n) is 13.4. The van der Waals surface area contributed by atoms with E-state index in [1.54, 1.807) is 23.7 Å². The van der Waals surface area contributed by atoms with E-state index in [-0.39, 0.29) is 30.0 Å². The first-order valence-corrected chi connectivity index (χ1v) is 8.23. The molecule has 0 aromatic carbocycles. The van der Waals surface area contributed by atoms with Crippen LogP contribution < -0.4 is 5.32 Å².